The minimum absolute atomic E-state index is 0.690. The molecule has 1 aliphatic heterocycles. The van der Waals surface area contributed by atoms with Gasteiger partial charge in [-0.25, -0.2) is 0 Å². The van der Waals surface area contributed by atoms with E-state index in [0.29, 0.717) is 6.04 Å². The third kappa shape index (κ3) is 3.16. The second-order valence-electron chi connectivity index (χ2n) is 7.19. The SMILES string of the molecule is CCC1CCC(N2CC(C(C)C)NCC2CC)C1C. The summed E-state index contributed by atoms with van der Waals surface area (Å²) in [6.07, 6.45) is 5.54. The predicted octanol–water partition coefficient (Wildman–Crippen LogP) is 3.52. The Hall–Kier alpha value is -0.0800. The lowest BCUT2D eigenvalue weighted by Crippen LogP contribution is -2.61. The van der Waals surface area contributed by atoms with E-state index in [1.807, 2.05) is 0 Å². The van der Waals surface area contributed by atoms with Crippen molar-refractivity contribution in [1.82, 2.24) is 10.2 Å². The number of nitrogens with zero attached hydrogens (tertiary/aromatic N) is 1. The highest BCUT2D eigenvalue weighted by atomic mass is 15.3. The van der Waals surface area contributed by atoms with Crippen LogP contribution in [0.2, 0.25) is 0 Å². The zero-order valence-electron chi connectivity index (χ0n) is 13.7. The summed E-state index contributed by atoms with van der Waals surface area (Å²) < 4.78 is 0. The van der Waals surface area contributed by atoms with Crippen molar-refractivity contribution in [3.05, 3.63) is 0 Å². The van der Waals surface area contributed by atoms with E-state index in [1.165, 1.54) is 38.8 Å². The van der Waals surface area contributed by atoms with Gasteiger partial charge in [0.1, 0.15) is 0 Å². The zero-order valence-corrected chi connectivity index (χ0v) is 13.7. The second-order valence-corrected chi connectivity index (χ2v) is 7.19. The predicted molar refractivity (Wildman–Crippen MR) is 83.4 cm³/mol. The molecule has 0 aromatic rings. The average Bonchev–Trinajstić information content (AvgIpc) is 2.78. The minimum atomic E-state index is 0.690. The van der Waals surface area contributed by atoms with Crippen LogP contribution < -0.4 is 5.32 Å². The molecular weight excluding hydrogens is 232 g/mol. The summed E-state index contributed by atoms with van der Waals surface area (Å²) in [5.41, 5.74) is 0. The van der Waals surface area contributed by atoms with Gasteiger partial charge in [0.2, 0.25) is 0 Å². The van der Waals surface area contributed by atoms with Crippen molar-refractivity contribution in [2.24, 2.45) is 17.8 Å². The van der Waals surface area contributed by atoms with Crippen molar-refractivity contribution in [3.63, 3.8) is 0 Å². The van der Waals surface area contributed by atoms with Crippen molar-refractivity contribution in [2.75, 3.05) is 13.1 Å². The molecule has 5 unspecified atom stereocenters. The molecule has 2 fully saturated rings. The summed E-state index contributed by atoms with van der Waals surface area (Å²) in [4.78, 5) is 2.88. The highest BCUT2D eigenvalue weighted by Gasteiger charge is 2.40. The van der Waals surface area contributed by atoms with E-state index < -0.39 is 0 Å². The van der Waals surface area contributed by atoms with E-state index in [0.717, 1.165) is 29.8 Å². The van der Waals surface area contributed by atoms with Crippen LogP contribution in [-0.2, 0) is 0 Å². The van der Waals surface area contributed by atoms with E-state index in [9.17, 15) is 0 Å². The summed E-state index contributed by atoms with van der Waals surface area (Å²) >= 11 is 0. The number of hydrogen-bond donors (Lipinski definition) is 1. The molecule has 1 aliphatic carbocycles. The van der Waals surface area contributed by atoms with Gasteiger partial charge in [-0.2, -0.15) is 0 Å². The van der Waals surface area contributed by atoms with Gasteiger partial charge < -0.3 is 5.32 Å². The fourth-order valence-electron chi connectivity index (χ4n) is 4.35. The number of piperazine rings is 1. The minimum Gasteiger partial charge on any atom is -0.311 e. The van der Waals surface area contributed by atoms with E-state index in [2.05, 4.69) is 44.8 Å². The normalized spacial score (nSPS) is 41.1. The van der Waals surface area contributed by atoms with Gasteiger partial charge in [0.15, 0.2) is 0 Å². The van der Waals surface area contributed by atoms with Crippen LogP contribution in [0.5, 0.6) is 0 Å². The lowest BCUT2D eigenvalue weighted by molar-refractivity contribution is 0.0480. The smallest absolute Gasteiger partial charge is 0.0221 e. The summed E-state index contributed by atoms with van der Waals surface area (Å²) in [5, 5.41) is 3.77. The van der Waals surface area contributed by atoms with Crippen LogP contribution in [0.3, 0.4) is 0 Å². The molecule has 1 saturated carbocycles. The molecule has 1 N–H and O–H groups in total. The van der Waals surface area contributed by atoms with Crippen LogP contribution >= 0.6 is 0 Å². The van der Waals surface area contributed by atoms with Gasteiger partial charge in [0.25, 0.3) is 0 Å². The Morgan fingerprint density at radius 3 is 2.42 bits per heavy atom. The monoisotopic (exact) mass is 266 g/mol. The highest BCUT2D eigenvalue weighted by Crippen LogP contribution is 2.38. The molecule has 0 aromatic carbocycles. The molecule has 19 heavy (non-hydrogen) atoms. The molecule has 0 aromatic heterocycles. The van der Waals surface area contributed by atoms with Gasteiger partial charge >= 0.3 is 0 Å². The molecule has 1 heterocycles. The van der Waals surface area contributed by atoms with Crippen molar-refractivity contribution >= 4 is 0 Å². The quantitative estimate of drug-likeness (QED) is 0.837. The Morgan fingerprint density at radius 2 is 1.89 bits per heavy atom. The second kappa shape index (κ2) is 6.58. The van der Waals surface area contributed by atoms with Gasteiger partial charge in [0.05, 0.1) is 0 Å². The van der Waals surface area contributed by atoms with Crippen LogP contribution in [0.15, 0.2) is 0 Å². The molecule has 2 heteroatoms. The van der Waals surface area contributed by atoms with E-state index in [1.54, 1.807) is 0 Å². The van der Waals surface area contributed by atoms with Gasteiger partial charge in [-0.3, -0.25) is 4.90 Å². The zero-order chi connectivity index (χ0) is 14.0. The maximum absolute atomic E-state index is 3.77. The van der Waals surface area contributed by atoms with E-state index >= 15 is 0 Å². The molecule has 2 aliphatic rings. The molecule has 5 atom stereocenters. The van der Waals surface area contributed by atoms with Crippen LogP contribution in [0.25, 0.3) is 0 Å². The first-order chi connectivity index (χ1) is 9.08. The van der Waals surface area contributed by atoms with Crippen molar-refractivity contribution in [1.29, 1.82) is 0 Å². The van der Waals surface area contributed by atoms with Gasteiger partial charge in [-0.1, -0.05) is 41.0 Å². The first kappa shape index (κ1) is 15.3. The molecule has 0 bridgehead atoms. The lowest BCUT2D eigenvalue weighted by atomic mass is 9.90. The largest absolute Gasteiger partial charge is 0.311 e. The summed E-state index contributed by atoms with van der Waals surface area (Å²) in [5.74, 6) is 2.61. The van der Waals surface area contributed by atoms with Gasteiger partial charge in [0, 0.05) is 31.2 Å². The van der Waals surface area contributed by atoms with Crippen LogP contribution in [-0.4, -0.2) is 36.1 Å². The Morgan fingerprint density at radius 1 is 1.16 bits per heavy atom. The van der Waals surface area contributed by atoms with Crippen molar-refractivity contribution < 1.29 is 0 Å². The molecule has 112 valence electrons. The third-order valence-corrected chi connectivity index (χ3v) is 5.90. The first-order valence-electron chi connectivity index (χ1n) is 8.57. The molecule has 2 nitrogen and oxygen atoms in total. The summed E-state index contributed by atoms with van der Waals surface area (Å²) in [6, 6.07) is 2.30. The summed E-state index contributed by atoms with van der Waals surface area (Å²) in [7, 11) is 0. The van der Waals surface area contributed by atoms with Crippen LogP contribution in [0.1, 0.15) is 60.3 Å². The Labute approximate surface area is 120 Å². The first-order valence-corrected chi connectivity index (χ1v) is 8.57. The van der Waals surface area contributed by atoms with E-state index in [-0.39, 0.29) is 0 Å². The molecular formula is C17H34N2. The number of nitrogens with one attached hydrogen (secondary N) is 1. The Bertz CT molecular complexity index is 276. The molecule has 0 spiro atoms. The van der Waals surface area contributed by atoms with Gasteiger partial charge in [-0.05, 0) is 37.0 Å². The number of rotatable bonds is 4. The summed E-state index contributed by atoms with van der Waals surface area (Å²) in [6.45, 7) is 14.4. The topological polar surface area (TPSA) is 15.3 Å². The van der Waals surface area contributed by atoms with E-state index in [4.69, 9.17) is 0 Å². The molecule has 1 saturated heterocycles. The maximum Gasteiger partial charge on any atom is 0.0221 e. The fourth-order valence-corrected chi connectivity index (χ4v) is 4.35. The Balaban J connectivity index is 2.06. The average molecular weight is 266 g/mol. The van der Waals surface area contributed by atoms with Crippen LogP contribution in [0.4, 0.5) is 0 Å². The van der Waals surface area contributed by atoms with Crippen molar-refractivity contribution in [2.45, 2.75) is 78.4 Å². The third-order valence-electron chi connectivity index (χ3n) is 5.90. The standard InChI is InChI=1S/C17H34N2/c1-6-14-8-9-17(13(14)5)19-11-16(12(3)4)18-10-15(19)7-2/h12-18H,6-11H2,1-5H3. The maximum atomic E-state index is 3.77. The highest BCUT2D eigenvalue weighted by molar-refractivity contribution is 4.96. The number of hydrogen-bond acceptors (Lipinski definition) is 2. The van der Waals surface area contributed by atoms with Crippen LogP contribution in [0, 0.1) is 17.8 Å². The molecule has 0 radical (unpaired) electrons. The van der Waals surface area contributed by atoms with Crippen molar-refractivity contribution in [3.8, 4) is 0 Å². The van der Waals surface area contributed by atoms with Gasteiger partial charge in [-0.15, -0.1) is 0 Å². The molecule has 0 amide bonds. The lowest BCUT2D eigenvalue weighted by Gasteiger charge is -2.46. The Kier molecular flexibility index (Phi) is 5.30. The molecule has 2 rings (SSSR count). The fraction of sp³-hybridized carbons (Fsp3) is 1.00.